The van der Waals surface area contributed by atoms with Gasteiger partial charge in [0.1, 0.15) is 12.4 Å². The van der Waals surface area contributed by atoms with Gasteiger partial charge in [-0.2, -0.15) is 0 Å². The van der Waals surface area contributed by atoms with Crippen LogP contribution in [0.4, 0.5) is 0 Å². The average molecular weight is 379 g/mol. The number of likely N-dealkylation sites (tertiary alicyclic amines) is 1. The van der Waals surface area contributed by atoms with E-state index in [1.54, 1.807) is 6.08 Å². The summed E-state index contributed by atoms with van der Waals surface area (Å²) in [6, 6.07) is 6.01. The first-order valence-corrected chi connectivity index (χ1v) is 10.2. The van der Waals surface area contributed by atoms with Crippen molar-refractivity contribution in [3.8, 4) is 5.75 Å². The minimum atomic E-state index is 0.246. The molecule has 1 aromatic carbocycles. The van der Waals surface area contributed by atoms with Crippen LogP contribution in [0.15, 0.2) is 30.9 Å². The molecular weight excluding hydrogens is 348 g/mol. The van der Waals surface area contributed by atoms with Crippen LogP contribution in [-0.4, -0.2) is 49.9 Å². The van der Waals surface area contributed by atoms with Gasteiger partial charge in [0, 0.05) is 31.8 Å². The minimum Gasteiger partial charge on any atom is -0.488 e. The molecule has 0 radical (unpaired) electrons. The molecule has 26 heavy (non-hydrogen) atoms. The molecule has 2 aliphatic rings. The molecule has 2 aliphatic heterocycles. The van der Waals surface area contributed by atoms with E-state index in [4.69, 9.17) is 21.1 Å². The van der Waals surface area contributed by atoms with Crippen molar-refractivity contribution in [2.24, 2.45) is 0 Å². The van der Waals surface area contributed by atoms with Crippen molar-refractivity contribution in [3.05, 3.63) is 41.4 Å². The van der Waals surface area contributed by atoms with E-state index in [-0.39, 0.29) is 5.54 Å². The first-order chi connectivity index (χ1) is 12.7. The summed E-state index contributed by atoms with van der Waals surface area (Å²) in [6.07, 6.45) is 7.98. The van der Waals surface area contributed by atoms with Gasteiger partial charge in [-0.1, -0.05) is 36.7 Å². The lowest BCUT2D eigenvalue weighted by Crippen LogP contribution is -2.59. The Morgan fingerprint density at radius 2 is 2.00 bits per heavy atom. The molecule has 0 amide bonds. The zero-order chi connectivity index (χ0) is 18.2. The van der Waals surface area contributed by atoms with Gasteiger partial charge in [0.2, 0.25) is 0 Å². The summed E-state index contributed by atoms with van der Waals surface area (Å²) in [5.41, 5.74) is 1.43. The quantitative estimate of drug-likeness (QED) is 0.692. The third-order valence-electron chi connectivity index (χ3n) is 5.59. The van der Waals surface area contributed by atoms with E-state index in [2.05, 4.69) is 22.9 Å². The summed E-state index contributed by atoms with van der Waals surface area (Å²) in [5, 5.41) is 4.34. The molecule has 4 nitrogen and oxygen atoms in total. The van der Waals surface area contributed by atoms with E-state index in [0.29, 0.717) is 17.4 Å². The molecule has 0 unspecified atom stereocenters. The van der Waals surface area contributed by atoms with Crippen LogP contribution >= 0.6 is 11.6 Å². The molecular formula is C21H31ClN2O2. The zero-order valence-electron chi connectivity index (χ0n) is 15.6. The monoisotopic (exact) mass is 378 g/mol. The van der Waals surface area contributed by atoms with E-state index in [1.165, 1.54) is 37.9 Å². The molecule has 0 aliphatic carbocycles. The minimum absolute atomic E-state index is 0.246. The van der Waals surface area contributed by atoms with Crippen LogP contribution in [0.25, 0.3) is 0 Å². The number of nitrogens with zero attached hydrogens (tertiary/aromatic N) is 1. The number of hydrogen-bond donors (Lipinski definition) is 1. The number of piperidine rings is 1. The van der Waals surface area contributed by atoms with Gasteiger partial charge in [0.05, 0.1) is 5.02 Å². The van der Waals surface area contributed by atoms with Crippen LogP contribution in [0.1, 0.15) is 37.7 Å². The molecule has 0 spiro atoms. The van der Waals surface area contributed by atoms with E-state index < -0.39 is 0 Å². The van der Waals surface area contributed by atoms with Gasteiger partial charge in [0.15, 0.2) is 0 Å². The first-order valence-electron chi connectivity index (χ1n) is 9.79. The maximum Gasteiger partial charge on any atom is 0.138 e. The van der Waals surface area contributed by atoms with Gasteiger partial charge in [-0.05, 0) is 56.5 Å². The van der Waals surface area contributed by atoms with E-state index >= 15 is 0 Å². The predicted molar refractivity (Wildman–Crippen MR) is 107 cm³/mol. The van der Waals surface area contributed by atoms with Crippen LogP contribution in [0, 0.1) is 0 Å². The average Bonchev–Trinajstić information content (AvgIpc) is 2.69. The Morgan fingerprint density at radius 3 is 2.69 bits per heavy atom. The molecule has 2 saturated heterocycles. The fraction of sp³-hybridized carbons (Fsp3) is 0.619. The highest BCUT2D eigenvalue weighted by Crippen LogP contribution is 2.31. The maximum absolute atomic E-state index is 6.33. The van der Waals surface area contributed by atoms with Crippen LogP contribution in [-0.2, 0) is 11.3 Å². The largest absolute Gasteiger partial charge is 0.488 e. The topological polar surface area (TPSA) is 33.7 Å². The zero-order valence-corrected chi connectivity index (χ0v) is 16.4. The first kappa shape index (κ1) is 19.7. The summed E-state index contributed by atoms with van der Waals surface area (Å²) < 4.78 is 11.2. The number of hydrogen-bond acceptors (Lipinski definition) is 4. The summed E-state index contributed by atoms with van der Waals surface area (Å²) >= 11 is 6.33. The molecule has 0 atom stereocenters. The van der Waals surface area contributed by atoms with E-state index in [9.17, 15) is 0 Å². The van der Waals surface area contributed by atoms with Crippen molar-refractivity contribution in [2.75, 3.05) is 39.5 Å². The highest BCUT2D eigenvalue weighted by Gasteiger charge is 2.38. The Morgan fingerprint density at radius 1 is 1.23 bits per heavy atom. The van der Waals surface area contributed by atoms with Crippen LogP contribution in [0.5, 0.6) is 5.75 Å². The fourth-order valence-electron chi connectivity index (χ4n) is 4.08. The SMILES string of the molecule is C=CCOc1ccc(CNCC2(N3CCCCC3)CCOCC2)cc1Cl. The molecule has 0 saturated carbocycles. The van der Waals surface area contributed by atoms with Crippen molar-refractivity contribution in [3.63, 3.8) is 0 Å². The van der Waals surface area contributed by atoms with Gasteiger partial charge in [0.25, 0.3) is 0 Å². The highest BCUT2D eigenvalue weighted by atomic mass is 35.5. The number of rotatable bonds is 8. The summed E-state index contributed by atoms with van der Waals surface area (Å²) in [7, 11) is 0. The van der Waals surface area contributed by atoms with Crippen LogP contribution < -0.4 is 10.1 Å². The van der Waals surface area contributed by atoms with Gasteiger partial charge < -0.3 is 14.8 Å². The molecule has 2 heterocycles. The standard InChI is InChI=1S/C21H31ClN2O2/c1-2-12-26-20-7-6-18(15-19(20)22)16-23-17-21(8-13-25-14-9-21)24-10-4-3-5-11-24/h2,6-7,15,23H,1,3-5,8-14,16-17H2. The van der Waals surface area contributed by atoms with Gasteiger partial charge in [-0.25, -0.2) is 0 Å². The molecule has 1 N–H and O–H groups in total. The Bertz CT molecular complexity index is 581. The Hall–Kier alpha value is -1.07. The molecule has 2 fully saturated rings. The predicted octanol–water partition coefficient (Wildman–Crippen LogP) is 4.03. The fourth-order valence-corrected chi connectivity index (χ4v) is 4.34. The summed E-state index contributed by atoms with van der Waals surface area (Å²) in [5.74, 6) is 0.713. The van der Waals surface area contributed by atoms with E-state index in [1.807, 2.05) is 12.1 Å². The maximum atomic E-state index is 6.33. The Balaban J connectivity index is 1.57. The van der Waals surface area contributed by atoms with Crippen molar-refractivity contribution >= 4 is 11.6 Å². The van der Waals surface area contributed by atoms with Crippen molar-refractivity contribution in [1.82, 2.24) is 10.2 Å². The van der Waals surface area contributed by atoms with Crippen LogP contribution in [0.2, 0.25) is 5.02 Å². The molecule has 0 bridgehead atoms. The number of halogens is 1. The third kappa shape index (κ3) is 5.01. The van der Waals surface area contributed by atoms with Crippen molar-refractivity contribution in [1.29, 1.82) is 0 Å². The third-order valence-corrected chi connectivity index (χ3v) is 5.88. The number of benzene rings is 1. The summed E-state index contributed by atoms with van der Waals surface area (Å²) in [6.45, 7) is 10.2. The summed E-state index contributed by atoms with van der Waals surface area (Å²) in [4.78, 5) is 2.71. The molecule has 144 valence electrons. The normalized spacial score (nSPS) is 20.7. The van der Waals surface area contributed by atoms with Gasteiger partial charge >= 0.3 is 0 Å². The van der Waals surface area contributed by atoms with Gasteiger partial charge in [-0.3, -0.25) is 4.90 Å². The van der Waals surface area contributed by atoms with Crippen molar-refractivity contribution < 1.29 is 9.47 Å². The van der Waals surface area contributed by atoms with Crippen LogP contribution in [0.3, 0.4) is 0 Å². The van der Waals surface area contributed by atoms with Crippen molar-refractivity contribution in [2.45, 2.75) is 44.2 Å². The lowest BCUT2D eigenvalue weighted by Gasteiger charge is -2.48. The Labute approximate surface area is 162 Å². The second-order valence-electron chi connectivity index (χ2n) is 7.35. The smallest absolute Gasteiger partial charge is 0.138 e. The molecule has 1 aromatic rings. The molecule has 5 heteroatoms. The highest BCUT2D eigenvalue weighted by molar-refractivity contribution is 6.32. The molecule has 0 aromatic heterocycles. The molecule has 3 rings (SSSR count). The number of ether oxygens (including phenoxy) is 2. The van der Waals surface area contributed by atoms with Gasteiger partial charge in [-0.15, -0.1) is 0 Å². The Kier molecular flexibility index (Phi) is 7.38. The lowest BCUT2D eigenvalue weighted by molar-refractivity contribution is -0.0358. The second kappa shape index (κ2) is 9.75. The van der Waals surface area contributed by atoms with E-state index in [0.717, 1.165) is 39.1 Å². The second-order valence-corrected chi connectivity index (χ2v) is 7.76. The lowest BCUT2D eigenvalue weighted by atomic mass is 9.86. The number of nitrogens with one attached hydrogen (secondary N) is 1.